The van der Waals surface area contributed by atoms with Crippen LogP contribution in [0.5, 0.6) is 0 Å². The number of aliphatic imine (C=N–C) groups is 1. The number of ether oxygens (including phenoxy) is 1. The normalized spacial score (nSPS) is 21.3. The predicted octanol–water partition coefficient (Wildman–Crippen LogP) is 3.23. The molecule has 1 heterocycles. The van der Waals surface area contributed by atoms with Gasteiger partial charge in [0.1, 0.15) is 5.01 Å². The molecule has 0 aromatic carbocycles. The minimum atomic E-state index is -0.0492. The lowest BCUT2D eigenvalue weighted by atomic mass is 9.86. The van der Waals surface area contributed by atoms with Gasteiger partial charge in [-0.05, 0) is 32.6 Å². The van der Waals surface area contributed by atoms with Crippen LogP contribution >= 0.6 is 11.3 Å². The van der Waals surface area contributed by atoms with Crippen molar-refractivity contribution in [2.75, 3.05) is 13.7 Å². The molecule has 146 valence electrons. The maximum absolute atomic E-state index is 11.8. The molecule has 0 radical (unpaired) electrons. The number of thiazole rings is 1. The number of esters is 1. The van der Waals surface area contributed by atoms with Crippen LogP contribution in [0.1, 0.15) is 64.1 Å². The monoisotopic (exact) mass is 380 g/mol. The average molecular weight is 381 g/mol. The van der Waals surface area contributed by atoms with Crippen molar-refractivity contribution < 1.29 is 9.53 Å². The summed E-state index contributed by atoms with van der Waals surface area (Å²) in [5.74, 6) is 0.790. The fourth-order valence-corrected chi connectivity index (χ4v) is 3.98. The van der Waals surface area contributed by atoms with Gasteiger partial charge in [0, 0.05) is 23.9 Å². The Bertz CT molecular complexity index is 613. The summed E-state index contributed by atoms with van der Waals surface area (Å²) in [6.45, 7) is 9.50. The first-order chi connectivity index (χ1) is 12.3. The summed E-state index contributed by atoms with van der Waals surface area (Å²) in [4.78, 5) is 20.8. The molecule has 0 amide bonds. The van der Waals surface area contributed by atoms with Gasteiger partial charge in [-0.2, -0.15) is 0 Å². The third-order valence-corrected chi connectivity index (χ3v) is 5.49. The molecule has 0 aliphatic heterocycles. The zero-order valence-electron chi connectivity index (χ0n) is 16.6. The van der Waals surface area contributed by atoms with E-state index in [0.717, 1.165) is 42.3 Å². The molecular formula is C19H32N4O2S. The minimum absolute atomic E-state index is 0.0492. The molecule has 26 heavy (non-hydrogen) atoms. The summed E-state index contributed by atoms with van der Waals surface area (Å²) >= 11 is 1.68. The largest absolute Gasteiger partial charge is 0.466 e. The van der Waals surface area contributed by atoms with Crippen molar-refractivity contribution in [3.05, 3.63) is 16.1 Å². The van der Waals surface area contributed by atoms with E-state index in [9.17, 15) is 4.79 Å². The van der Waals surface area contributed by atoms with Gasteiger partial charge in [-0.1, -0.05) is 20.8 Å². The van der Waals surface area contributed by atoms with Crippen LogP contribution in [-0.4, -0.2) is 36.6 Å². The summed E-state index contributed by atoms with van der Waals surface area (Å²) in [7, 11) is 1.78. The van der Waals surface area contributed by atoms with Crippen LogP contribution in [0.4, 0.5) is 0 Å². The first-order valence-electron chi connectivity index (χ1n) is 9.42. The van der Waals surface area contributed by atoms with E-state index in [0.29, 0.717) is 19.2 Å². The van der Waals surface area contributed by atoms with Gasteiger partial charge in [-0.25, -0.2) is 4.98 Å². The van der Waals surface area contributed by atoms with Crippen LogP contribution in [0.15, 0.2) is 10.4 Å². The van der Waals surface area contributed by atoms with E-state index in [2.05, 4.69) is 41.8 Å². The molecular weight excluding hydrogens is 348 g/mol. The molecule has 6 nitrogen and oxygen atoms in total. The van der Waals surface area contributed by atoms with Gasteiger partial charge in [0.15, 0.2) is 5.96 Å². The summed E-state index contributed by atoms with van der Waals surface area (Å²) in [6.07, 6.45) is 3.65. The first-order valence-corrected chi connectivity index (χ1v) is 10.3. The van der Waals surface area contributed by atoms with E-state index >= 15 is 0 Å². The number of rotatable bonds is 5. The molecule has 1 aromatic rings. The Hall–Kier alpha value is -1.63. The molecule has 1 aliphatic carbocycles. The highest BCUT2D eigenvalue weighted by molar-refractivity contribution is 7.09. The molecule has 0 saturated heterocycles. The highest BCUT2D eigenvalue weighted by Crippen LogP contribution is 2.26. The van der Waals surface area contributed by atoms with Crippen molar-refractivity contribution in [1.29, 1.82) is 0 Å². The second-order valence-electron chi connectivity index (χ2n) is 7.75. The quantitative estimate of drug-likeness (QED) is 0.466. The van der Waals surface area contributed by atoms with E-state index in [1.807, 2.05) is 6.92 Å². The first kappa shape index (κ1) is 20.7. The summed E-state index contributed by atoms with van der Waals surface area (Å²) in [5.41, 5.74) is 1.20. The van der Waals surface area contributed by atoms with Gasteiger partial charge in [-0.3, -0.25) is 9.79 Å². The van der Waals surface area contributed by atoms with Gasteiger partial charge < -0.3 is 15.4 Å². The van der Waals surface area contributed by atoms with Crippen LogP contribution in [-0.2, 0) is 21.5 Å². The number of hydrogen-bond acceptors (Lipinski definition) is 5. The Morgan fingerprint density at radius 2 is 2.04 bits per heavy atom. The number of aromatic nitrogens is 1. The van der Waals surface area contributed by atoms with E-state index in [4.69, 9.17) is 9.72 Å². The molecule has 1 saturated carbocycles. The van der Waals surface area contributed by atoms with Crippen molar-refractivity contribution in [3.8, 4) is 0 Å². The number of carbonyl (C=O) groups excluding carboxylic acids is 1. The van der Waals surface area contributed by atoms with E-state index in [1.54, 1.807) is 18.4 Å². The standard InChI is InChI=1S/C19H32N4O2S/c1-6-25-17(24)13-7-9-14(10-8-13)22-18(20-5)21-11-16-23-15(12-26-16)19(2,3)4/h12-14H,6-11H2,1-5H3,(H2,20,21,22). The molecule has 2 N–H and O–H groups in total. The molecule has 1 aliphatic rings. The molecule has 7 heteroatoms. The van der Waals surface area contributed by atoms with Crippen LogP contribution in [0.2, 0.25) is 0 Å². The zero-order chi connectivity index (χ0) is 19.2. The lowest BCUT2D eigenvalue weighted by molar-refractivity contribution is -0.149. The van der Waals surface area contributed by atoms with Crippen LogP contribution < -0.4 is 10.6 Å². The Kier molecular flexibility index (Phi) is 7.43. The summed E-state index contributed by atoms with van der Waals surface area (Å²) in [6, 6.07) is 0.341. The maximum atomic E-state index is 11.8. The van der Waals surface area contributed by atoms with Gasteiger partial charge in [0.25, 0.3) is 0 Å². The van der Waals surface area contributed by atoms with Gasteiger partial charge in [0.2, 0.25) is 0 Å². The summed E-state index contributed by atoms with van der Waals surface area (Å²) in [5, 5.41) is 10.0. The molecule has 0 bridgehead atoms. The number of nitrogens with one attached hydrogen (secondary N) is 2. The highest BCUT2D eigenvalue weighted by Gasteiger charge is 2.27. The van der Waals surface area contributed by atoms with Gasteiger partial charge in [-0.15, -0.1) is 11.3 Å². The molecule has 1 fully saturated rings. The topological polar surface area (TPSA) is 75.6 Å². The number of guanidine groups is 1. The van der Waals surface area contributed by atoms with Gasteiger partial charge in [0.05, 0.1) is 24.8 Å². The second-order valence-corrected chi connectivity index (χ2v) is 8.69. The van der Waals surface area contributed by atoms with Crippen LogP contribution in [0.25, 0.3) is 0 Å². The highest BCUT2D eigenvalue weighted by atomic mass is 32.1. The summed E-state index contributed by atoms with van der Waals surface area (Å²) < 4.78 is 5.13. The number of nitrogens with zero attached hydrogens (tertiary/aromatic N) is 2. The smallest absolute Gasteiger partial charge is 0.308 e. The van der Waals surface area contributed by atoms with Crippen molar-refractivity contribution in [3.63, 3.8) is 0 Å². The third kappa shape index (κ3) is 5.97. The van der Waals surface area contributed by atoms with Gasteiger partial charge >= 0.3 is 5.97 Å². The SMILES string of the molecule is CCOC(=O)C1CCC(NC(=NC)NCc2nc(C(C)(C)C)cs2)CC1. The molecule has 0 atom stereocenters. The molecule has 0 unspecified atom stereocenters. The maximum Gasteiger partial charge on any atom is 0.308 e. The Morgan fingerprint density at radius 1 is 1.35 bits per heavy atom. The second kappa shape index (κ2) is 9.35. The van der Waals surface area contributed by atoms with Crippen molar-refractivity contribution in [1.82, 2.24) is 15.6 Å². The van der Waals surface area contributed by atoms with E-state index in [-0.39, 0.29) is 17.3 Å². The fourth-order valence-electron chi connectivity index (χ4n) is 3.02. The lowest BCUT2D eigenvalue weighted by Gasteiger charge is -2.29. The fraction of sp³-hybridized carbons (Fsp3) is 0.737. The molecule has 1 aromatic heterocycles. The molecule has 2 rings (SSSR count). The molecule has 0 spiro atoms. The number of hydrogen-bond donors (Lipinski definition) is 2. The minimum Gasteiger partial charge on any atom is -0.466 e. The third-order valence-electron chi connectivity index (χ3n) is 4.64. The van der Waals surface area contributed by atoms with Crippen molar-refractivity contribution >= 4 is 23.3 Å². The average Bonchev–Trinajstić information content (AvgIpc) is 3.08. The van der Waals surface area contributed by atoms with Crippen molar-refractivity contribution in [2.24, 2.45) is 10.9 Å². The Morgan fingerprint density at radius 3 is 2.58 bits per heavy atom. The Balaban J connectivity index is 1.78. The van der Waals surface area contributed by atoms with E-state index < -0.39 is 0 Å². The van der Waals surface area contributed by atoms with Crippen LogP contribution in [0.3, 0.4) is 0 Å². The van der Waals surface area contributed by atoms with Crippen LogP contribution in [0, 0.1) is 5.92 Å². The predicted molar refractivity (Wildman–Crippen MR) is 107 cm³/mol. The lowest BCUT2D eigenvalue weighted by Crippen LogP contribution is -2.45. The van der Waals surface area contributed by atoms with Crippen molar-refractivity contribution in [2.45, 2.75) is 71.4 Å². The Labute approximate surface area is 160 Å². The zero-order valence-corrected chi connectivity index (χ0v) is 17.4. The number of carbonyl (C=O) groups is 1. The van der Waals surface area contributed by atoms with E-state index in [1.165, 1.54) is 0 Å².